The number of benzene rings is 2. The number of carbonyl (C=O) groups excluding carboxylic acids is 2. The minimum absolute atomic E-state index is 0.135. The maximum Gasteiger partial charge on any atom is 0.435 e. The molecule has 0 aliphatic carbocycles. The van der Waals surface area contributed by atoms with E-state index in [-0.39, 0.29) is 22.3 Å². The molecule has 13 heteroatoms. The summed E-state index contributed by atoms with van der Waals surface area (Å²) >= 11 is 0. The number of aryl methyl sites for hydroxylation is 1. The molecule has 192 valence electrons. The Kier molecular flexibility index (Phi) is 7.72. The molecule has 0 atom stereocenters. The van der Waals surface area contributed by atoms with Crippen LogP contribution < -0.4 is 0 Å². The summed E-state index contributed by atoms with van der Waals surface area (Å²) in [4.78, 5) is 23.5. The predicted molar refractivity (Wildman–Crippen MR) is 122 cm³/mol. The number of esters is 1. The third-order valence-electron chi connectivity index (χ3n) is 4.99. The van der Waals surface area contributed by atoms with E-state index in [9.17, 15) is 31.2 Å². The molecule has 1 aromatic heterocycles. The summed E-state index contributed by atoms with van der Waals surface area (Å²) in [6, 6.07) is 12.3. The van der Waals surface area contributed by atoms with Crippen LogP contribution in [0.2, 0.25) is 0 Å². The van der Waals surface area contributed by atoms with Crippen molar-refractivity contribution < 1.29 is 40.7 Å². The maximum atomic E-state index is 13.4. The van der Waals surface area contributed by atoms with Gasteiger partial charge in [-0.15, -0.1) is 0 Å². The Hall–Kier alpha value is -3.87. The number of rotatable bonds is 7. The minimum Gasteiger partial charge on any atom is -0.468 e. The van der Waals surface area contributed by atoms with Crippen molar-refractivity contribution >= 4 is 22.1 Å². The maximum absolute atomic E-state index is 13.4. The first-order valence-electron chi connectivity index (χ1n) is 10.5. The van der Waals surface area contributed by atoms with Crippen LogP contribution in [0.15, 0.2) is 59.5 Å². The number of halogens is 3. The first kappa shape index (κ1) is 26.7. The van der Waals surface area contributed by atoms with Gasteiger partial charge in [-0.25, -0.2) is 17.9 Å². The Morgan fingerprint density at radius 3 is 2.19 bits per heavy atom. The molecule has 1 amide bonds. The lowest BCUT2D eigenvalue weighted by Crippen LogP contribution is -2.41. The van der Waals surface area contributed by atoms with Crippen LogP contribution in [0, 0.1) is 6.92 Å². The molecule has 3 rings (SSSR count). The molecule has 36 heavy (non-hydrogen) atoms. The topological polar surface area (TPSA) is 108 Å². The highest BCUT2D eigenvalue weighted by molar-refractivity contribution is 7.89. The van der Waals surface area contributed by atoms with Crippen LogP contribution in [0.25, 0.3) is 16.9 Å². The van der Waals surface area contributed by atoms with Crippen LogP contribution in [0.4, 0.5) is 18.0 Å². The summed E-state index contributed by atoms with van der Waals surface area (Å²) in [6.07, 6.45) is -5.99. The van der Waals surface area contributed by atoms with Crippen LogP contribution in [-0.2, 0) is 30.5 Å². The molecule has 0 bridgehead atoms. The molecule has 9 nitrogen and oxygen atoms in total. The van der Waals surface area contributed by atoms with Crippen molar-refractivity contribution in [2.24, 2.45) is 0 Å². The van der Waals surface area contributed by atoms with Gasteiger partial charge in [-0.1, -0.05) is 29.8 Å². The number of methoxy groups -OCH3 is 1. The van der Waals surface area contributed by atoms with Gasteiger partial charge < -0.3 is 9.47 Å². The van der Waals surface area contributed by atoms with Gasteiger partial charge in [0.1, 0.15) is 6.54 Å². The van der Waals surface area contributed by atoms with Gasteiger partial charge in [0.05, 0.1) is 30.0 Å². The Morgan fingerprint density at radius 2 is 1.67 bits per heavy atom. The van der Waals surface area contributed by atoms with Crippen molar-refractivity contribution in [2.75, 3.05) is 20.3 Å². The third-order valence-corrected chi connectivity index (χ3v) is 6.71. The van der Waals surface area contributed by atoms with Crippen molar-refractivity contribution in [3.8, 4) is 16.9 Å². The lowest BCUT2D eigenvalue weighted by atomic mass is 10.1. The average Bonchev–Trinajstić information content (AvgIpc) is 3.29. The molecule has 0 N–H and O–H groups in total. The number of aromatic nitrogens is 2. The quantitative estimate of drug-likeness (QED) is 0.426. The van der Waals surface area contributed by atoms with Crippen LogP contribution in [0.1, 0.15) is 18.2 Å². The van der Waals surface area contributed by atoms with Crippen molar-refractivity contribution in [3.05, 3.63) is 65.9 Å². The van der Waals surface area contributed by atoms with Crippen molar-refractivity contribution in [3.63, 3.8) is 0 Å². The Bertz CT molecular complexity index is 1350. The smallest absolute Gasteiger partial charge is 0.435 e. The lowest BCUT2D eigenvalue weighted by molar-refractivity contribution is -0.141. The van der Waals surface area contributed by atoms with Crippen LogP contribution >= 0.6 is 0 Å². The number of amides is 1. The second-order valence-electron chi connectivity index (χ2n) is 7.47. The average molecular weight is 526 g/mol. The fraction of sp³-hybridized carbons (Fsp3) is 0.261. The van der Waals surface area contributed by atoms with Gasteiger partial charge in [-0.3, -0.25) is 4.79 Å². The van der Waals surface area contributed by atoms with Gasteiger partial charge in [0.2, 0.25) is 0 Å². The summed E-state index contributed by atoms with van der Waals surface area (Å²) in [7, 11) is -3.54. The van der Waals surface area contributed by atoms with Gasteiger partial charge in [-0.2, -0.15) is 22.6 Å². The predicted octanol–water partition coefficient (Wildman–Crippen LogP) is 4.19. The highest BCUT2D eigenvalue weighted by Gasteiger charge is 2.36. The summed E-state index contributed by atoms with van der Waals surface area (Å²) in [6.45, 7) is 2.22. The first-order valence-corrected chi connectivity index (χ1v) is 11.9. The standard InChI is InChI=1S/C23H22F3N3O6S/c1-4-35-22(31)28(14-21(30)34-3)36(32,33)18-11-9-17(10-12-18)29-19(13-20(27-29)23(24,25)26)16-7-5-15(2)6-8-16/h5-13H,4,14H2,1-3H3. The Balaban J connectivity index is 2.05. The van der Waals surface area contributed by atoms with E-state index < -0.39 is 45.4 Å². The zero-order valence-electron chi connectivity index (χ0n) is 19.4. The largest absolute Gasteiger partial charge is 0.468 e. The lowest BCUT2D eigenvalue weighted by Gasteiger charge is -2.20. The van der Waals surface area contributed by atoms with Crippen molar-refractivity contribution in [1.29, 1.82) is 0 Å². The summed E-state index contributed by atoms with van der Waals surface area (Å²) < 4.78 is 76.8. The molecule has 0 fully saturated rings. The van der Waals surface area contributed by atoms with Crippen molar-refractivity contribution in [2.45, 2.75) is 24.9 Å². The van der Waals surface area contributed by atoms with E-state index in [0.29, 0.717) is 5.56 Å². The minimum atomic E-state index is -4.71. The summed E-state index contributed by atoms with van der Waals surface area (Å²) in [5, 5.41) is 3.68. The van der Waals surface area contributed by atoms with Crippen LogP contribution in [-0.4, -0.2) is 54.8 Å². The van der Waals surface area contributed by atoms with Gasteiger partial charge in [0.25, 0.3) is 10.0 Å². The second kappa shape index (κ2) is 10.4. The normalized spacial score (nSPS) is 11.7. The number of nitrogens with zero attached hydrogens (tertiary/aromatic N) is 3. The van der Waals surface area contributed by atoms with Crippen molar-refractivity contribution in [1.82, 2.24) is 14.1 Å². The number of carbonyl (C=O) groups is 2. The van der Waals surface area contributed by atoms with Crippen LogP contribution in [0.5, 0.6) is 0 Å². The molecule has 0 saturated carbocycles. The fourth-order valence-electron chi connectivity index (χ4n) is 3.16. The third kappa shape index (κ3) is 5.67. The Morgan fingerprint density at radius 1 is 1.06 bits per heavy atom. The molecule has 1 heterocycles. The van der Waals surface area contributed by atoms with Gasteiger partial charge >= 0.3 is 18.2 Å². The van der Waals surface area contributed by atoms with E-state index in [2.05, 4.69) is 9.84 Å². The molecule has 0 radical (unpaired) electrons. The van der Waals surface area contributed by atoms with E-state index in [4.69, 9.17) is 4.74 Å². The van der Waals surface area contributed by atoms with E-state index >= 15 is 0 Å². The van der Waals surface area contributed by atoms with E-state index in [1.54, 1.807) is 24.3 Å². The summed E-state index contributed by atoms with van der Waals surface area (Å²) in [5.41, 5.74) is 0.522. The molecule has 0 aliphatic rings. The number of hydrogen-bond donors (Lipinski definition) is 0. The zero-order valence-corrected chi connectivity index (χ0v) is 20.3. The molecule has 2 aromatic carbocycles. The monoisotopic (exact) mass is 525 g/mol. The number of hydrogen-bond acceptors (Lipinski definition) is 7. The molecule has 0 aliphatic heterocycles. The second-order valence-corrected chi connectivity index (χ2v) is 9.33. The van der Waals surface area contributed by atoms with Gasteiger partial charge in [0.15, 0.2) is 5.69 Å². The fourth-order valence-corrected chi connectivity index (χ4v) is 4.42. The number of ether oxygens (including phenoxy) is 2. The van der Waals surface area contributed by atoms with E-state index in [1.165, 1.54) is 19.1 Å². The molecule has 0 unspecified atom stereocenters. The molecule has 0 spiro atoms. The SMILES string of the molecule is CCOC(=O)N(CC(=O)OC)S(=O)(=O)c1ccc(-n2nc(C(F)(F)F)cc2-c2ccc(C)cc2)cc1. The highest BCUT2D eigenvalue weighted by atomic mass is 32.2. The van der Waals surface area contributed by atoms with E-state index in [1.807, 2.05) is 6.92 Å². The molecular weight excluding hydrogens is 503 g/mol. The first-order chi connectivity index (χ1) is 16.9. The number of sulfonamides is 1. The van der Waals surface area contributed by atoms with Gasteiger partial charge in [0, 0.05) is 5.56 Å². The molecule has 0 saturated heterocycles. The Labute approximate surface area is 205 Å². The van der Waals surface area contributed by atoms with Gasteiger partial charge in [-0.05, 0) is 44.2 Å². The highest BCUT2D eigenvalue weighted by Crippen LogP contribution is 2.33. The summed E-state index contributed by atoms with van der Waals surface area (Å²) in [5.74, 6) is -0.998. The molecular formula is C23H22F3N3O6S. The molecule has 3 aromatic rings. The van der Waals surface area contributed by atoms with E-state index in [0.717, 1.165) is 35.6 Å². The van der Waals surface area contributed by atoms with Crippen LogP contribution in [0.3, 0.4) is 0 Å². The zero-order chi connectivity index (χ0) is 26.7. The number of alkyl halides is 3.